The summed E-state index contributed by atoms with van der Waals surface area (Å²) < 4.78 is 1.27. The smallest absolute Gasteiger partial charge is 0.0701 e. The van der Waals surface area contributed by atoms with E-state index >= 15 is 0 Å². The Hall–Kier alpha value is 0.140. The minimum Gasteiger partial charge on any atom is -0.314 e. The first kappa shape index (κ1) is 15.1. The van der Waals surface area contributed by atoms with E-state index in [1.54, 1.807) is 4.88 Å². The Morgan fingerprint density at radius 1 is 1.25 bits per heavy atom. The molecular weight excluding hydrogens is 330 g/mol. The van der Waals surface area contributed by atoms with Crippen molar-refractivity contribution in [2.45, 2.75) is 58.4 Å². The largest absolute Gasteiger partial charge is 0.314 e. The normalized spacial score (nSPS) is 29.6. The van der Waals surface area contributed by atoms with E-state index < -0.39 is 0 Å². The van der Waals surface area contributed by atoms with E-state index in [-0.39, 0.29) is 0 Å². The lowest BCUT2D eigenvalue weighted by Crippen LogP contribution is -2.37. The fourth-order valence-corrected chi connectivity index (χ4v) is 5.20. The highest BCUT2D eigenvalue weighted by atomic mass is 79.9. The minimum absolute atomic E-state index is 0.537. The lowest BCUT2D eigenvalue weighted by atomic mass is 9.66. The zero-order chi connectivity index (χ0) is 14.2. The Labute approximate surface area is 135 Å². The van der Waals surface area contributed by atoms with Gasteiger partial charge in [0.2, 0.25) is 0 Å². The van der Waals surface area contributed by atoms with Gasteiger partial charge in [-0.1, -0.05) is 13.8 Å². The molecule has 20 heavy (non-hydrogen) atoms. The molecule has 2 saturated carbocycles. The van der Waals surface area contributed by atoms with Gasteiger partial charge in [0.1, 0.15) is 0 Å². The lowest BCUT2D eigenvalue weighted by molar-refractivity contribution is 0.116. The lowest BCUT2D eigenvalue weighted by Gasteiger charge is -2.41. The van der Waals surface area contributed by atoms with Gasteiger partial charge in [-0.3, -0.25) is 0 Å². The molecule has 0 radical (unpaired) electrons. The average molecular weight is 356 g/mol. The predicted octanol–water partition coefficient (Wildman–Crippen LogP) is 5.25. The van der Waals surface area contributed by atoms with Crippen molar-refractivity contribution in [1.82, 2.24) is 5.32 Å². The molecule has 2 unspecified atom stereocenters. The molecule has 112 valence electrons. The van der Waals surface area contributed by atoms with Crippen molar-refractivity contribution in [3.05, 3.63) is 20.8 Å². The van der Waals surface area contributed by atoms with E-state index in [9.17, 15) is 0 Å². The summed E-state index contributed by atoms with van der Waals surface area (Å²) in [7, 11) is 0. The second kappa shape index (κ2) is 6.10. The van der Waals surface area contributed by atoms with Gasteiger partial charge in [0.15, 0.2) is 0 Å². The van der Waals surface area contributed by atoms with Gasteiger partial charge in [-0.2, -0.15) is 0 Å². The van der Waals surface area contributed by atoms with E-state index in [1.807, 2.05) is 11.3 Å². The second-order valence-electron chi connectivity index (χ2n) is 7.52. The minimum atomic E-state index is 0.537. The Morgan fingerprint density at radius 3 is 2.70 bits per heavy atom. The Bertz CT molecular complexity index is 448. The van der Waals surface area contributed by atoms with Gasteiger partial charge < -0.3 is 5.32 Å². The molecular formula is C17H26BrNS. The summed E-state index contributed by atoms with van der Waals surface area (Å²) in [4.78, 5) is 1.55. The van der Waals surface area contributed by atoms with E-state index in [2.05, 4.69) is 47.2 Å². The second-order valence-corrected chi connectivity index (χ2v) is 10.1. The molecule has 2 aliphatic rings. The zero-order valence-corrected chi connectivity index (χ0v) is 15.0. The molecule has 0 spiro atoms. The van der Waals surface area contributed by atoms with E-state index in [4.69, 9.17) is 0 Å². The van der Waals surface area contributed by atoms with Crippen molar-refractivity contribution in [3.63, 3.8) is 0 Å². The fraction of sp³-hybridized carbons (Fsp3) is 0.765. The van der Waals surface area contributed by atoms with Gasteiger partial charge in [-0.15, -0.1) is 11.3 Å². The van der Waals surface area contributed by atoms with E-state index in [0.29, 0.717) is 5.41 Å². The van der Waals surface area contributed by atoms with Crippen LogP contribution in [0.2, 0.25) is 0 Å². The topological polar surface area (TPSA) is 12.0 Å². The number of halogens is 1. The van der Waals surface area contributed by atoms with Crippen LogP contribution in [0.15, 0.2) is 15.9 Å². The monoisotopic (exact) mass is 355 g/mol. The number of hydrogen-bond donors (Lipinski definition) is 1. The van der Waals surface area contributed by atoms with Gasteiger partial charge >= 0.3 is 0 Å². The quantitative estimate of drug-likeness (QED) is 0.760. The maximum atomic E-state index is 3.77. The standard InChI is InChI=1S/C17H26BrNS/c1-17(2)8-7-12(11-19-14-3-4-14)13(10-17)9-15-5-6-16(18)20-15/h5-6,12-14,19H,3-4,7-11H2,1-2H3. The molecule has 2 atom stereocenters. The summed E-state index contributed by atoms with van der Waals surface area (Å²) in [6.07, 6.45) is 8.27. The third-order valence-corrected chi connectivity index (χ3v) is 6.66. The average Bonchev–Trinajstić information content (AvgIpc) is 3.11. The van der Waals surface area contributed by atoms with Gasteiger partial charge in [0, 0.05) is 10.9 Å². The molecule has 2 fully saturated rings. The van der Waals surface area contributed by atoms with Gasteiger partial charge in [0.05, 0.1) is 3.79 Å². The summed E-state index contributed by atoms with van der Waals surface area (Å²) in [5.74, 6) is 1.74. The third-order valence-electron chi connectivity index (χ3n) is 5.01. The molecule has 1 nitrogen and oxygen atoms in total. The SMILES string of the molecule is CC1(C)CCC(CNC2CC2)C(Cc2ccc(Br)s2)C1. The highest BCUT2D eigenvalue weighted by molar-refractivity contribution is 9.11. The summed E-state index contributed by atoms with van der Waals surface area (Å²) in [6.45, 7) is 6.15. The summed E-state index contributed by atoms with van der Waals surface area (Å²) in [5, 5.41) is 3.77. The van der Waals surface area contributed by atoms with Crippen molar-refractivity contribution >= 4 is 27.3 Å². The molecule has 2 aliphatic carbocycles. The van der Waals surface area contributed by atoms with Crippen LogP contribution < -0.4 is 5.32 Å². The number of nitrogens with one attached hydrogen (secondary N) is 1. The first-order valence-corrected chi connectivity index (χ1v) is 9.60. The van der Waals surface area contributed by atoms with Crippen LogP contribution in [-0.4, -0.2) is 12.6 Å². The van der Waals surface area contributed by atoms with Crippen molar-refractivity contribution in [3.8, 4) is 0 Å². The molecule has 1 heterocycles. The third kappa shape index (κ3) is 4.08. The van der Waals surface area contributed by atoms with Crippen molar-refractivity contribution in [2.75, 3.05) is 6.54 Å². The Kier molecular flexibility index (Phi) is 4.59. The maximum Gasteiger partial charge on any atom is 0.0701 e. The number of hydrogen-bond acceptors (Lipinski definition) is 2. The molecule has 0 amide bonds. The molecule has 0 aliphatic heterocycles. The van der Waals surface area contributed by atoms with Crippen LogP contribution in [0.3, 0.4) is 0 Å². The molecule has 1 aromatic heterocycles. The summed E-state index contributed by atoms with van der Waals surface area (Å²) in [6, 6.07) is 5.36. The molecule has 0 saturated heterocycles. The van der Waals surface area contributed by atoms with Crippen LogP contribution in [0.25, 0.3) is 0 Å². The molecule has 0 aromatic carbocycles. The highest BCUT2D eigenvalue weighted by Crippen LogP contribution is 2.44. The number of rotatable bonds is 5. The molecule has 1 N–H and O–H groups in total. The Balaban J connectivity index is 1.63. The van der Waals surface area contributed by atoms with E-state index in [0.717, 1.165) is 17.9 Å². The first-order valence-electron chi connectivity index (χ1n) is 7.99. The van der Waals surface area contributed by atoms with Crippen LogP contribution >= 0.6 is 27.3 Å². The summed E-state index contributed by atoms with van der Waals surface area (Å²) >= 11 is 5.52. The Morgan fingerprint density at radius 2 is 2.05 bits per heavy atom. The van der Waals surface area contributed by atoms with Crippen LogP contribution in [-0.2, 0) is 6.42 Å². The van der Waals surface area contributed by atoms with Crippen molar-refractivity contribution in [2.24, 2.45) is 17.3 Å². The molecule has 3 rings (SSSR count). The molecule has 1 aromatic rings. The zero-order valence-electron chi connectivity index (χ0n) is 12.6. The number of thiophene rings is 1. The van der Waals surface area contributed by atoms with Gasteiger partial charge in [-0.25, -0.2) is 0 Å². The highest BCUT2D eigenvalue weighted by Gasteiger charge is 2.35. The molecule has 0 bridgehead atoms. The van der Waals surface area contributed by atoms with Crippen LogP contribution in [0.5, 0.6) is 0 Å². The van der Waals surface area contributed by atoms with Crippen LogP contribution in [0, 0.1) is 17.3 Å². The van der Waals surface area contributed by atoms with Crippen LogP contribution in [0.1, 0.15) is 50.8 Å². The predicted molar refractivity (Wildman–Crippen MR) is 91.4 cm³/mol. The molecule has 3 heteroatoms. The van der Waals surface area contributed by atoms with Gasteiger partial charge in [0.25, 0.3) is 0 Å². The van der Waals surface area contributed by atoms with E-state index in [1.165, 1.54) is 48.9 Å². The van der Waals surface area contributed by atoms with Gasteiger partial charge in [-0.05, 0) is 90.4 Å². The van der Waals surface area contributed by atoms with Crippen molar-refractivity contribution in [1.29, 1.82) is 0 Å². The van der Waals surface area contributed by atoms with Crippen LogP contribution in [0.4, 0.5) is 0 Å². The fourth-order valence-electron chi connectivity index (χ4n) is 3.62. The summed E-state index contributed by atoms with van der Waals surface area (Å²) in [5.41, 5.74) is 0.537. The van der Waals surface area contributed by atoms with Crippen molar-refractivity contribution < 1.29 is 0 Å². The maximum absolute atomic E-state index is 3.77. The first-order chi connectivity index (χ1) is 9.52.